The lowest BCUT2D eigenvalue weighted by Gasteiger charge is -2.13. The molecule has 0 radical (unpaired) electrons. The quantitative estimate of drug-likeness (QED) is 0.814. The first-order chi connectivity index (χ1) is 7.90. The maximum Gasteiger partial charge on any atom is 0.0553 e. The third-order valence-electron chi connectivity index (χ3n) is 2.91. The predicted molar refractivity (Wildman–Crippen MR) is 71.4 cm³/mol. The second-order valence-electron chi connectivity index (χ2n) is 4.06. The molecule has 3 heteroatoms. The molecule has 1 unspecified atom stereocenters. The van der Waals surface area contributed by atoms with E-state index in [4.69, 9.17) is 4.74 Å². The molecular formula is C13H19NOS. The van der Waals surface area contributed by atoms with Gasteiger partial charge in [-0.05, 0) is 24.5 Å². The van der Waals surface area contributed by atoms with Gasteiger partial charge < -0.3 is 10.1 Å². The highest BCUT2D eigenvalue weighted by Crippen LogP contribution is 2.25. The Morgan fingerprint density at radius 1 is 1.44 bits per heavy atom. The third-order valence-corrected chi connectivity index (χ3v) is 4.19. The van der Waals surface area contributed by atoms with Crippen LogP contribution in [0.1, 0.15) is 12.0 Å². The first kappa shape index (κ1) is 11.8. The predicted octanol–water partition coefficient (Wildman–Crippen LogP) is 2.79. The van der Waals surface area contributed by atoms with E-state index < -0.39 is 0 Å². The maximum atomic E-state index is 5.08. The molecule has 0 fully saturated rings. The van der Waals surface area contributed by atoms with Crippen molar-refractivity contribution >= 4 is 17.4 Å². The average Bonchev–Trinajstić information content (AvgIpc) is 2.53. The highest BCUT2D eigenvalue weighted by molar-refractivity contribution is 7.99. The summed E-state index contributed by atoms with van der Waals surface area (Å²) in [5, 5.41) is 4.25. The number of para-hydroxylation sites is 1. The van der Waals surface area contributed by atoms with E-state index in [1.807, 2.05) is 11.8 Å². The van der Waals surface area contributed by atoms with Gasteiger partial charge in [-0.3, -0.25) is 0 Å². The summed E-state index contributed by atoms with van der Waals surface area (Å²) in [7, 11) is 1.77. The molecule has 0 bridgehead atoms. The van der Waals surface area contributed by atoms with Crippen LogP contribution in [0, 0.1) is 0 Å². The molecule has 16 heavy (non-hydrogen) atoms. The van der Waals surface area contributed by atoms with Gasteiger partial charge in [-0.25, -0.2) is 0 Å². The van der Waals surface area contributed by atoms with Crippen LogP contribution in [0.2, 0.25) is 0 Å². The minimum atomic E-state index is 0.711. The van der Waals surface area contributed by atoms with Crippen molar-refractivity contribution in [2.24, 2.45) is 0 Å². The monoisotopic (exact) mass is 237 g/mol. The number of hydrogen-bond donors (Lipinski definition) is 1. The molecule has 1 atom stereocenters. The number of benzene rings is 1. The molecule has 1 aliphatic rings. The van der Waals surface area contributed by atoms with Gasteiger partial charge in [0.05, 0.1) is 6.61 Å². The van der Waals surface area contributed by atoms with Gasteiger partial charge in [0.1, 0.15) is 0 Å². The number of thioether (sulfide) groups is 1. The number of nitrogens with one attached hydrogen (secondary N) is 1. The first-order valence-corrected chi connectivity index (χ1v) is 6.87. The van der Waals surface area contributed by atoms with Crippen molar-refractivity contribution in [2.75, 3.05) is 31.3 Å². The van der Waals surface area contributed by atoms with Crippen LogP contribution in [0.4, 0.5) is 5.69 Å². The largest absolute Gasteiger partial charge is 0.384 e. The Morgan fingerprint density at radius 2 is 2.31 bits per heavy atom. The molecule has 0 saturated carbocycles. The van der Waals surface area contributed by atoms with Gasteiger partial charge >= 0.3 is 0 Å². The lowest BCUT2D eigenvalue weighted by atomic mass is 10.1. The minimum Gasteiger partial charge on any atom is -0.384 e. The Balaban J connectivity index is 1.87. The molecule has 0 saturated heterocycles. The zero-order valence-electron chi connectivity index (χ0n) is 9.74. The molecule has 0 spiro atoms. The molecule has 1 aromatic rings. The fourth-order valence-electron chi connectivity index (χ4n) is 1.99. The van der Waals surface area contributed by atoms with Crippen LogP contribution in [0.5, 0.6) is 0 Å². The van der Waals surface area contributed by atoms with Gasteiger partial charge in [-0.2, -0.15) is 11.8 Å². The highest BCUT2D eigenvalue weighted by Gasteiger charge is 2.15. The Morgan fingerprint density at radius 3 is 3.19 bits per heavy atom. The number of methoxy groups -OCH3 is 1. The molecule has 1 aromatic carbocycles. The molecule has 1 aliphatic heterocycles. The molecule has 1 heterocycles. The van der Waals surface area contributed by atoms with E-state index in [0.717, 1.165) is 18.9 Å². The smallest absolute Gasteiger partial charge is 0.0553 e. The van der Waals surface area contributed by atoms with E-state index in [2.05, 4.69) is 29.6 Å². The summed E-state index contributed by atoms with van der Waals surface area (Å²) in [6.07, 6.45) is 2.45. The summed E-state index contributed by atoms with van der Waals surface area (Å²) in [4.78, 5) is 0. The van der Waals surface area contributed by atoms with Crippen molar-refractivity contribution < 1.29 is 4.74 Å². The maximum absolute atomic E-state index is 5.08. The fraction of sp³-hybridized carbons (Fsp3) is 0.538. The Hall–Kier alpha value is -0.670. The molecule has 1 N–H and O–H groups in total. The molecule has 2 rings (SSSR count). The number of rotatable bonds is 4. The van der Waals surface area contributed by atoms with Crippen LogP contribution < -0.4 is 5.32 Å². The standard InChI is InChI=1S/C13H19NOS/c1-15-8-9-16-12-7-6-11-4-2-3-5-13(11)14-10-12/h2-5,12,14H,6-10H2,1H3. The summed E-state index contributed by atoms with van der Waals surface area (Å²) in [6, 6.07) is 8.63. The van der Waals surface area contributed by atoms with E-state index in [-0.39, 0.29) is 0 Å². The normalized spacial score (nSPS) is 19.7. The summed E-state index contributed by atoms with van der Waals surface area (Å²) in [5.41, 5.74) is 2.77. The van der Waals surface area contributed by atoms with Crippen molar-refractivity contribution in [3.05, 3.63) is 29.8 Å². The van der Waals surface area contributed by atoms with E-state index in [1.165, 1.54) is 24.1 Å². The lowest BCUT2D eigenvalue weighted by molar-refractivity contribution is 0.218. The summed E-state index contributed by atoms with van der Waals surface area (Å²) in [6.45, 7) is 1.93. The van der Waals surface area contributed by atoms with Crippen molar-refractivity contribution in [2.45, 2.75) is 18.1 Å². The summed E-state index contributed by atoms with van der Waals surface area (Å²) >= 11 is 2.02. The van der Waals surface area contributed by atoms with Crippen molar-refractivity contribution in [1.29, 1.82) is 0 Å². The number of ether oxygens (including phenoxy) is 1. The number of anilines is 1. The Bertz CT molecular complexity index is 302. The minimum absolute atomic E-state index is 0.711. The molecule has 0 aromatic heterocycles. The van der Waals surface area contributed by atoms with Gasteiger partial charge in [0.2, 0.25) is 0 Å². The van der Waals surface area contributed by atoms with Crippen molar-refractivity contribution in [1.82, 2.24) is 0 Å². The van der Waals surface area contributed by atoms with Crippen LogP contribution in [0.25, 0.3) is 0 Å². The van der Waals surface area contributed by atoms with Crippen LogP contribution in [-0.2, 0) is 11.2 Å². The van der Waals surface area contributed by atoms with Gasteiger partial charge in [0.25, 0.3) is 0 Å². The number of aryl methyl sites for hydroxylation is 1. The van der Waals surface area contributed by atoms with E-state index >= 15 is 0 Å². The number of fused-ring (bicyclic) bond motifs is 1. The SMILES string of the molecule is COCCSC1CCc2ccccc2NC1. The van der Waals surface area contributed by atoms with Gasteiger partial charge in [0, 0.05) is 30.3 Å². The fourth-order valence-corrected chi connectivity index (χ4v) is 3.08. The summed E-state index contributed by atoms with van der Waals surface area (Å²) in [5.74, 6) is 1.10. The highest BCUT2D eigenvalue weighted by atomic mass is 32.2. The van der Waals surface area contributed by atoms with Crippen LogP contribution in [0.15, 0.2) is 24.3 Å². The molecule has 0 amide bonds. The number of hydrogen-bond acceptors (Lipinski definition) is 3. The van der Waals surface area contributed by atoms with E-state index in [1.54, 1.807) is 7.11 Å². The molecule has 0 aliphatic carbocycles. The van der Waals surface area contributed by atoms with Crippen molar-refractivity contribution in [3.63, 3.8) is 0 Å². The van der Waals surface area contributed by atoms with Gasteiger partial charge in [0.15, 0.2) is 0 Å². The Kier molecular flexibility index (Phi) is 4.55. The first-order valence-electron chi connectivity index (χ1n) is 5.82. The molecular weight excluding hydrogens is 218 g/mol. The van der Waals surface area contributed by atoms with Crippen molar-refractivity contribution in [3.8, 4) is 0 Å². The lowest BCUT2D eigenvalue weighted by Crippen LogP contribution is -2.15. The Labute approximate surface area is 102 Å². The summed E-state index contributed by atoms with van der Waals surface area (Å²) < 4.78 is 5.08. The second kappa shape index (κ2) is 6.16. The van der Waals surface area contributed by atoms with Crippen LogP contribution in [0.3, 0.4) is 0 Å². The van der Waals surface area contributed by atoms with Gasteiger partial charge in [-0.1, -0.05) is 18.2 Å². The van der Waals surface area contributed by atoms with E-state index in [0.29, 0.717) is 5.25 Å². The second-order valence-corrected chi connectivity index (χ2v) is 5.47. The average molecular weight is 237 g/mol. The molecule has 88 valence electrons. The zero-order chi connectivity index (χ0) is 11.2. The zero-order valence-corrected chi connectivity index (χ0v) is 10.6. The topological polar surface area (TPSA) is 21.3 Å². The van der Waals surface area contributed by atoms with E-state index in [9.17, 15) is 0 Å². The third kappa shape index (κ3) is 3.16. The van der Waals surface area contributed by atoms with Crippen LogP contribution >= 0.6 is 11.8 Å². The van der Waals surface area contributed by atoms with Gasteiger partial charge in [-0.15, -0.1) is 0 Å². The molecule has 2 nitrogen and oxygen atoms in total. The van der Waals surface area contributed by atoms with Crippen LogP contribution in [-0.4, -0.2) is 31.3 Å².